The summed E-state index contributed by atoms with van der Waals surface area (Å²) in [6, 6.07) is 16.0. The number of fused-ring (bicyclic) bond motifs is 1. The Hall–Kier alpha value is -2.24. The molecule has 3 aromatic rings. The Morgan fingerprint density at radius 2 is 1.88 bits per heavy atom. The minimum absolute atomic E-state index is 0.138. The second kappa shape index (κ2) is 7.76. The lowest BCUT2D eigenvalue weighted by Gasteiger charge is -2.07. The number of rotatable bonds is 4. The zero-order valence-corrected chi connectivity index (χ0v) is 15.3. The molecule has 0 aromatic heterocycles. The minimum Gasteiger partial charge on any atom is -0.273 e. The van der Waals surface area contributed by atoms with Crippen LogP contribution in [0, 0.1) is 5.82 Å². The first-order valence-corrected chi connectivity index (χ1v) is 8.65. The molecule has 0 bridgehead atoms. The lowest BCUT2D eigenvalue weighted by atomic mass is 10.0. The zero-order chi connectivity index (χ0) is 17.8. The first-order valence-electron chi connectivity index (χ1n) is 7.48. The lowest BCUT2D eigenvalue weighted by Crippen LogP contribution is -2.20. The number of carbonyl (C=O) groups excluding carboxylic acids is 1. The van der Waals surface area contributed by atoms with Crippen molar-refractivity contribution in [3.05, 3.63) is 81.0 Å². The van der Waals surface area contributed by atoms with Gasteiger partial charge in [-0.25, -0.2) is 9.82 Å². The van der Waals surface area contributed by atoms with E-state index in [9.17, 15) is 9.18 Å². The van der Waals surface area contributed by atoms with Crippen LogP contribution >= 0.6 is 27.5 Å². The Labute approximate surface area is 157 Å². The maximum atomic E-state index is 13.6. The number of benzene rings is 3. The number of hydrazone groups is 1. The fourth-order valence-corrected chi connectivity index (χ4v) is 3.18. The lowest BCUT2D eigenvalue weighted by molar-refractivity contribution is -0.120. The molecule has 0 saturated heterocycles. The van der Waals surface area contributed by atoms with Crippen LogP contribution in [0.2, 0.25) is 5.02 Å². The summed E-state index contributed by atoms with van der Waals surface area (Å²) >= 11 is 9.41. The molecule has 1 amide bonds. The van der Waals surface area contributed by atoms with Crippen molar-refractivity contribution in [1.29, 1.82) is 0 Å². The summed E-state index contributed by atoms with van der Waals surface area (Å²) in [4.78, 5) is 12.1. The molecule has 0 unspecified atom stereocenters. The molecule has 126 valence electrons. The summed E-state index contributed by atoms with van der Waals surface area (Å²) in [6.07, 6.45) is 1.37. The molecule has 3 nitrogen and oxygen atoms in total. The average Bonchev–Trinajstić information content (AvgIpc) is 2.60. The van der Waals surface area contributed by atoms with Gasteiger partial charge in [-0.15, -0.1) is 0 Å². The summed E-state index contributed by atoms with van der Waals surface area (Å²) in [5, 5.41) is 6.06. The zero-order valence-electron chi connectivity index (χ0n) is 13.0. The summed E-state index contributed by atoms with van der Waals surface area (Å²) in [5.41, 5.74) is 3.43. The molecule has 0 aliphatic rings. The van der Waals surface area contributed by atoms with Crippen molar-refractivity contribution in [3.63, 3.8) is 0 Å². The SMILES string of the molecule is O=C(Cc1ccc(Br)c2ccccc12)N/N=C\c1c(F)cccc1Cl. The van der Waals surface area contributed by atoms with E-state index in [1.165, 1.54) is 18.3 Å². The standard InChI is InChI=1S/C19H13BrClFN2O/c20-16-9-8-12(13-4-1-2-5-14(13)16)10-19(25)24-23-11-15-17(21)6-3-7-18(15)22/h1-9,11H,10H2,(H,24,25)/b23-11-. The highest BCUT2D eigenvalue weighted by molar-refractivity contribution is 9.10. The van der Waals surface area contributed by atoms with Crippen LogP contribution in [0.5, 0.6) is 0 Å². The molecule has 0 spiro atoms. The quantitative estimate of drug-likeness (QED) is 0.464. The van der Waals surface area contributed by atoms with Crippen molar-refractivity contribution in [2.45, 2.75) is 6.42 Å². The van der Waals surface area contributed by atoms with Gasteiger partial charge in [0.1, 0.15) is 5.82 Å². The molecule has 0 saturated carbocycles. The van der Waals surface area contributed by atoms with Gasteiger partial charge in [0, 0.05) is 10.0 Å². The number of hydrogen-bond acceptors (Lipinski definition) is 2. The molecule has 0 aliphatic heterocycles. The first-order chi connectivity index (χ1) is 12.1. The Balaban J connectivity index is 1.74. The average molecular weight is 420 g/mol. The molecule has 3 aromatic carbocycles. The molecule has 0 atom stereocenters. The highest BCUT2D eigenvalue weighted by Gasteiger charge is 2.09. The predicted octanol–water partition coefficient (Wildman–Crippen LogP) is 5.09. The van der Waals surface area contributed by atoms with Crippen LogP contribution in [-0.4, -0.2) is 12.1 Å². The van der Waals surface area contributed by atoms with Crippen LogP contribution in [0.15, 0.2) is 64.2 Å². The Bertz CT molecular complexity index is 955. The van der Waals surface area contributed by atoms with Gasteiger partial charge in [-0.1, -0.05) is 63.9 Å². The van der Waals surface area contributed by atoms with E-state index in [0.29, 0.717) is 0 Å². The molecular formula is C19H13BrClFN2O. The third-order valence-corrected chi connectivity index (χ3v) is 4.72. The maximum Gasteiger partial charge on any atom is 0.244 e. The van der Waals surface area contributed by atoms with Gasteiger partial charge in [0.15, 0.2) is 0 Å². The van der Waals surface area contributed by atoms with E-state index in [-0.39, 0.29) is 22.9 Å². The highest BCUT2D eigenvalue weighted by atomic mass is 79.9. The Morgan fingerprint density at radius 3 is 2.64 bits per heavy atom. The second-order valence-electron chi connectivity index (χ2n) is 5.36. The van der Waals surface area contributed by atoms with Crippen molar-refractivity contribution in [3.8, 4) is 0 Å². The Kier molecular flexibility index (Phi) is 5.46. The monoisotopic (exact) mass is 418 g/mol. The van der Waals surface area contributed by atoms with Gasteiger partial charge in [0.05, 0.1) is 17.7 Å². The first kappa shape index (κ1) is 17.6. The minimum atomic E-state index is -0.496. The van der Waals surface area contributed by atoms with Crippen molar-refractivity contribution in [2.24, 2.45) is 5.10 Å². The van der Waals surface area contributed by atoms with E-state index in [1.807, 2.05) is 36.4 Å². The molecule has 0 heterocycles. The fourth-order valence-electron chi connectivity index (χ4n) is 2.49. The van der Waals surface area contributed by atoms with E-state index < -0.39 is 5.82 Å². The number of hydrogen-bond donors (Lipinski definition) is 1. The number of nitrogens with one attached hydrogen (secondary N) is 1. The largest absolute Gasteiger partial charge is 0.273 e. The summed E-state index contributed by atoms with van der Waals surface area (Å²) in [6.45, 7) is 0. The van der Waals surface area contributed by atoms with Gasteiger partial charge in [-0.05, 0) is 34.5 Å². The van der Waals surface area contributed by atoms with Crippen LogP contribution in [0.25, 0.3) is 10.8 Å². The fraction of sp³-hybridized carbons (Fsp3) is 0.0526. The third kappa shape index (κ3) is 4.06. The van der Waals surface area contributed by atoms with Crippen LogP contribution in [0.3, 0.4) is 0 Å². The maximum absolute atomic E-state index is 13.6. The third-order valence-electron chi connectivity index (χ3n) is 3.69. The molecule has 3 rings (SSSR count). The summed E-state index contributed by atoms with van der Waals surface area (Å²) in [5.74, 6) is -0.791. The van der Waals surface area contributed by atoms with E-state index in [2.05, 4.69) is 26.5 Å². The number of halogens is 3. The van der Waals surface area contributed by atoms with E-state index >= 15 is 0 Å². The molecule has 0 radical (unpaired) electrons. The van der Waals surface area contributed by atoms with Gasteiger partial charge in [-0.2, -0.15) is 5.10 Å². The number of amides is 1. The Morgan fingerprint density at radius 1 is 1.12 bits per heavy atom. The van der Waals surface area contributed by atoms with Crippen LogP contribution in [-0.2, 0) is 11.2 Å². The molecule has 0 fully saturated rings. The van der Waals surface area contributed by atoms with Crippen LogP contribution < -0.4 is 5.43 Å². The van der Waals surface area contributed by atoms with E-state index in [0.717, 1.165) is 20.8 Å². The molecular weight excluding hydrogens is 407 g/mol. The highest BCUT2D eigenvalue weighted by Crippen LogP contribution is 2.27. The van der Waals surface area contributed by atoms with Gasteiger partial charge in [0.25, 0.3) is 0 Å². The molecule has 1 N–H and O–H groups in total. The topological polar surface area (TPSA) is 41.5 Å². The molecule has 6 heteroatoms. The van der Waals surface area contributed by atoms with Crippen molar-refractivity contribution in [1.82, 2.24) is 5.43 Å². The van der Waals surface area contributed by atoms with Crippen molar-refractivity contribution in [2.75, 3.05) is 0 Å². The number of carbonyl (C=O) groups is 1. The van der Waals surface area contributed by atoms with Crippen molar-refractivity contribution >= 4 is 50.4 Å². The van der Waals surface area contributed by atoms with Gasteiger partial charge in [0.2, 0.25) is 5.91 Å². The smallest absolute Gasteiger partial charge is 0.244 e. The van der Waals surface area contributed by atoms with Gasteiger partial charge >= 0.3 is 0 Å². The second-order valence-corrected chi connectivity index (χ2v) is 6.62. The van der Waals surface area contributed by atoms with Crippen molar-refractivity contribution < 1.29 is 9.18 Å². The van der Waals surface area contributed by atoms with Crippen LogP contribution in [0.4, 0.5) is 4.39 Å². The molecule has 25 heavy (non-hydrogen) atoms. The number of nitrogens with zero attached hydrogens (tertiary/aromatic N) is 1. The van der Waals surface area contributed by atoms with Gasteiger partial charge in [-0.3, -0.25) is 4.79 Å². The predicted molar refractivity (Wildman–Crippen MR) is 102 cm³/mol. The van der Waals surface area contributed by atoms with Crippen LogP contribution in [0.1, 0.15) is 11.1 Å². The van der Waals surface area contributed by atoms with Gasteiger partial charge < -0.3 is 0 Å². The summed E-state index contributed by atoms with van der Waals surface area (Å²) < 4.78 is 14.6. The van der Waals surface area contributed by atoms with E-state index in [4.69, 9.17) is 11.6 Å². The summed E-state index contributed by atoms with van der Waals surface area (Å²) in [7, 11) is 0. The molecule has 0 aliphatic carbocycles. The van der Waals surface area contributed by atoms with E-state index in [1.54, 1.807) is 6.07 Å². The normalized spacial score (nSPS) is 11.2.